The van der Waals surface area contributed by atoms with Gasteiger partial charge in [-0.1, -0.05) is 12.1 Å². The molecular weight excluding hydrogens is 349 g/mol. The number of aryl methyl sites for hydroxylation is 1. The van der Waals surface area contributed by atoms with E-state index in [0.29, 0.717) is 37.6 Å². The SMILES string of the molecule is Cc1nc(C(=O)N2C[C@H]3CCCC(=O)N(Cc4cccc(F)c4)[C@H]3C2)co1. The van der Waals surface area contributed by atoms with Crippen molar-refractivity contribution in [3.05, 3.63) is 53.5 Å². The van der Waals surface area contributed by atoms with Crippen molar-refractivity contribution in [3.8, 4) is 0 Å². The Bertz CT molecular complexity index is 866. The Morgan fingerprint density at radius 2 is 2.22 bits per heavy atom. The van der Waals surface area contributed by atoms with E-state index in [9.17, 15) is 14.0 Å². The standard InChI is InChI=1S/C20H22FN3O3/c1-13-22-17(12-27-13)20(26)23-10-15-5-3-7-19(25)24(18(15)11-23)9-14-4-2-6-16(21)8-14/h2,4,6,8,12,15,18H,3,5,7,9-11H2,1H3/t15-,18+/m1/s1. The average molecular weight is 371 g/mol. The summed E-state index contributed by atoms with van der Waals surface area (Å²) in [6.07, 6.45) is 3.59. The van der Waals surface area contributed by atoms with Crippen LogP contribution in [0.25, 0.3) is 0 Å². The van der Waals surface area contributed by atoms with Crippen LogP contribution in [-0.2, 0) is 11.3 Å². The summed E-state index contributed by atoms with van der Waals surface area (Å²) in [4.78, 5) is 33.1. The predicted octanol–water partition coefficient (Wildman–Crippen LogP) is 2.78. The summed E-state index contributed by atoms with van der Waals surface area (Å²) in [5.74, 6) is 0.268. The van der Waals surface area contributed by atoms with E-state index >= 15 is 0 Å². The number of halogens is 1. The molecular formula is C20H22FN3O3. The Balaban J connectivity index is 1.55. The summed E-state index contributed by atoms with van der Waals surface area (Å²) in [6.45, 7) is 3.13. The molecule has 2 atom stereocenters. The second-order valence-corrected chi connectivity index (χ2v) is 7.33. The first-order valence-corrected chi connectivity index (χ1v) is 9.26. The van der Waals surface area contributed by atoms with Gasteiger partial charge in [-0.25, -0.2) is 9.37 Å². The Labute approximate surface area is 157 Å². The van der Waals surface area contributed by atoms with Crippen molar-refractivity contribution in [1.29, 1.82) is 0 Å². The Morgan fingerprint density at radius 3 is 2.96 bits per heavy atom. The van der Waals surface area contributed by atoms with E-state index in [-0.39, 0.29) is 29.6 Å². The largest absolute Gasteiger partial charge is 0.448 e. The molecule has 1 aromatic carbocycles. The van der Waals surface area contributed by atoms with Crippen molar-refractivity contribution in [3.63, 3.8) is 0 Å². The topological polar surface area (TPSA) is 66.7 Å². The van der Waals surface area contributed by atoms with Crippen LogP contribution in [0.4, 0.5) is 4.39 Å². The van der Waals surface area contributed by atoms with Gasteiger partial charge in [-0.2, -0.15) is 0 Å². The number of carbonyl (C=O) groups excluding carboxylic acids is 2. The molecule has 7 heteroatoms. The molecule has 2 aromatic rings. The van der Waals surface area contributed by atoms with Gasteiger partial charge in [-0.3, -0.25) is 9.59 Å². The average Bonchev–Trinajstić information content (AvgIpc) is 3.22. The van der Waals surface area contributed by atoms with Crippen molar-refractivity contribution in [2.75, 3.05) is 13.1 Å². The molecule has 2 aliphatic heterocycles. The van der Waals surface area contributed by atoms with Crippen LogP contribution < -0.4 is 0 Å². The minimum Gasteiger partial charge on any atom is -0.448 e. The lowest BCUT2D eigenvalue weighted by Gasteiger charge is -2.30. The molecule has 0 saturated carbocycles. The van der Waals surface area contributed by atoms with Gasteiger partial charge in [0, 0.05) is 33.0 Å². The Morgan fingerprint density at radius 1 is 1.37 bits per heavy atom. The first-order chi connectivity index (χ1) is 13.0. The molecule has 0 unspecified atom stereocenters. The summed E-state index contributed by atoms with van der Waals surface area (Å²) in [6, 6.07) is 6.28. The fourth-order valence-corrected chi connectivity index (χ4v) is 4.16. The van der Waals surface area contributed by atoms with Crippen molar-refractivity contribution >= 4 is 11.8 Å². The fraction of sp³-hybridized carbons (Fsp3) is 0.450. The minimum atomic E-state index is -0.309. The molecule has 3 heterocycles. The highest BCUT2D eigenvalue weighted by Crippen LogP contribution is 2.32. The van der Waals surface area contributed by atoms with Gasteiger partial charge in [0.1, 0.15) is 12.1 Å². The second kappa shape index (κ2) is 7.13. The first kappa shape index (κ1) is 17.7. The van der Waals surface area contributed by atoms with Crippen LogP contribution in [0.15, 0.2) is 34.9 Å². The van der Waals surface area contributed by atoms with Crippen LogP contribution in [0, 0.1) is 18.7 Å². The number of hydrogen-bond acceptors (Lipinski definition) is 4. The highest BCUT2D eigenvalue weighted by atomic mass is 19.1. The summed E-state index contributed by atoms with van der Waals surface area (Å²) < 4.78 is 18.7. The van der Waals surface area contributed by atoms with Crippen molar-refractivity contribution in [1.82, 2.24) is 14.8 Å². The zero-order chi connectivity index (χ0) is 19.0. The number of oxazole rings is 1. The lowest BCUT2D eigenvalue weighted by atomic mass is 9.98. The molecule has 2 amide bonds. The van der Waals surface area contributed by atoms with Gasteiger partial charge in [0.05, 0.1) is 6.04 Å². The van der Waals surface area contributed by atoms with Gasteiger partial charge < -0.3 is 14.2 Å². The van der Waals surface area contributed by atoms with Gasteiger partial charge >= 0.3 is 0 Å². The normalized spacial score (nSPS) is 22.7. The maximum atomic E-state index is 13.6. The van der Waals surface area contributed by atoms with Crippen LogP contribution in [0.1, 0.15) is 41.2 Å². The molecule has 4 rings (SSSR count). The van der Waals surface area contributed by atoms with E-state index in [1.807, 2.05) is 11.0 Å². The number of aromatic nitrogens is 1. The minimum absolute atomic E-state index is 0.0554. The summed E-state index contributed by atoms with van der Waals surface area (Å²) >= 11 is 0. The smallest absolute Gasteiger partial charge is 0.275 e. The maximum Gasteiger partial charge on any atom is 0.275 e. The molecule has 0 bridgehead atoms. The lowest BCUT2D eigenvalue weighted by molar-refractivity contribution is -0.133. The number of nitrogens with zero attached hydrogens (tertiary/aromatic N) is 3. The van der Waals surface area contributed by atoms with Crippen LogP contribution in [0.3, 0.4) is 0 Å². The zero-order valence-corrected chi connectivity index (χ0v) is 15.2. The molecule has 27 heavy (non-hydrogen) atoms. The third-order valence-corrected chi connectivity index (χ3v) is 5.46. The van der Waals surface area contributed by atoms with Crippen molar-refractivity contribution < 1.29 is 18.4 Å². The molecule has 6 nitrogen and oxygen atoms in total. The molecule has 0 spiro atoms. The van der Waals surface area contributed by atoms with Gasteiger partial charge in [0.2, 0.25) is 5.91 Å². The molecule has 2 fully saturated rings. The van der Waals surface area contributed by atoms with Gasteiger partial charge in [-0.15, -0.1) is 0 Å². The number of fused-ring (bicyclic) bond motifs is 1. The first-order valence-electron chi connectivity index (χ1n) is 9.26. The maximum absolute atomic E-state index is 13.6. The lowest BCUT2D eigenvalue weighted by Crippen LogP contribution is -2.43. The van der Waals surface area contributed by atoms with E-state index in [1.165, 1.54) is 18.4 Å². The summed E-state index contributed by atoms with van der Waals surface area (Å²) in [5, 5.41) is 0. The van der Waals surface area contributed by atoms with Crippen molar-refractivity contribution in [2.24, 2.45) is 5.92 Å². The number of carbonyl (C=O) groups is 2. The molecule has 0 radical (unpaired) electrons. The molecule has 2 saturated heterocycles. The highest BCUT2D eigenvalue weighted by molar-refractivity contribution is 5.92. The molecule has 1 aromatic heterocycles. The highest BCUT2D eigenvalue weighted by Gasteiger charge is 2.42. The van der Waals surface area contributed by atoms with Gasteiger partial charge in [0.25, 0.3) is 5.91 Å². The van der Waals surface area contributed by atoms with Crippen molar-refractivity contribution in [2.45, 2.75) is 38.8 Å². The second-order valence-electron chi connectivity index (χ2n) is 7.33. The van der Waals surface area contributed by atoms with Crippen LogP contribution in [0.5, 0.6) is 0 Å². The van der Waals surface area contributed by atoms with Crippen LogP contribution in [-0.4, -0.2) is 45.7 Å². The molecule has 0 N–H and O–H groups in total. The molecule has 2 aliphatic rings. The van der Waals surface area contributed by atoms with Crippen LogP contribution >= 0.6 is 0 Å². The number of rotatable bonds is 3. The molecule has 142 valence electrons. The van der Waals surface area contributed by atoms with Gasteiger partial charge in [0.15, 0.2) is 11.6 Å². The Hall–Kier alpha value is -2.70. The fourth-order valence-electron chi connectivity index (χ4n) is 4.16. The van der Waals surface area contributed by atoms with Crippen LogP contribution in [0.2, 0.25) is 0 Å². The van der Waals surface area contributed by atoms with E-state index in [4.69, 9.17) is 4.42 Å². The number of amides is 2. The van der Waals surface area contributed by atoms with E-state index in [0.717, 1.165) is 18.4 Å². The summed E-state index contributed by atoms with van der Waals surface area (Å²) in [5.41, 5.74) is 1.06. The quantitative estimate of drug-likeness (QED) is 0.832. The third-order valence-electron chi connectivity index (χ3n) is 5.46. The summed E-state index contributed by atoms with van der Waals surface area (Å²) in [7, 11) is 0. The monoisotopic (exact) mass is 371 g/mol. The number of benzene rings is 1. The number of hydrogen-bond donors (Lipinski definition) is 0. The molecule has 0 aliphatic carbocycles. The van der Waals surface area contributed by atoms with E-state index < -0.39 is 0 Å². The predicted molar refractivity (Wildman–Crippen MR) is 95.2 cm³/mol. The Kier molecular flexibility index (Phi) is 4.68. The van der Waals surface area contributed by atoms with E-state index in [2.05, 4.69) is 4.98 Å². The third kappa shape index (κ3) is 3.59. The van der Waals surface area contributed by atoms with Gasteiger partial charge in [-0.05, 0) is 36.5 Å². The van der Waals surface area contributed by atoms with E-state index in [1.54, 1.807) is 17.9 Å². The zero-order valence-electron chi connectivity index (χ0n) is 15.2. The number of likely N-dealkylation sites (tertiary alicyclic amines) is 2.